The Morgan fingerprint density at radius 2 is 1.75 bits per heavy atom. The van der Waals surface area contributed by atoms with Crippen LogP contribution in [0.4, 0.5) is 5.69 Å². The highest BCUT2D eigenvalue weighted by Gasteiger charge is 2.35. The second-order valence-electron chi connectivity index (χ2n) is 7.42. The number of halogens is 1. The number of carbonyl (C=O) groups excluding carboxylic acids is 2. The molecular formula is C21H22ClN3O6S. The number of piperazine rings is 1. The van der Waals surface area contributed by atoms with Gasteiger partial charge in [0, 0.05) is 33.1 Å². The van der Waals surface area contributed by atoms with Gasteiger partial charge < -0.3 is 19.7 Å². The molecule has 0 aliphatic carbocycles. The minimum atomic E-state index is -3.80. The van der Waals surface area contributed by atoms with Gasteiger partial charge in [0.05, 0.1) is 15.6 Å². The van der Waals surface area contributed by atoms with Gasteiger partial charge in [0.1, 0.15) is 6.61 Å². The molecule has 170 valence electrons. The van der Waals surface area contributed by atoms with Gasteiger partial charge >= 0.3 is 0 Å². The summed E-state index contributed by atoms with van der Waals surface area (Å²) in [6.07, 6.45) is -0.770. The summed E-state index contributed by atoms with van der Waals surface area (Å²) < 4.78 is 38.7. The van der Waals surface area contributed by atoms with Crippen LogP contribution in [0.25, 0.3) is 0 Å². The molecule has 0 aromatic heterocycles. The van der Waals surface area contributed by atoms with Crippen molar-refractivity contribution in [1.29, 1.82) is 0 Å². The van der Waals surface area contributed by atoms with Crippen molar-refractivity contribution in [3.8, 4) is 11.5 Å². The zero-order valence-corrected chi connectivity index (χ0v) is 18.9. The van der Waals surface area contributed by atoms with Crippen molar-refractivity contribution in [3.05, 3.63) is 47.5 Å². The third-order valence-electron chi connectivity index (χ3n) is 5.22. The number of para-hydroxylation sites is 2. The Morgan fingerprint density at radius 3 is 2.41 bits per heavy atom. The van der Waals surface area contributed by atoms with E-state index < -0.39 is 16.1 Å². The van der Waals surface area contributed by atoms with Gasteiger partial charge in [0.2, 0.25) is 22.0 Å². The fourth-order valence-electron chi connectivity index (χ4n) is 3.59. The number of anilines is 1. The van der Waals surface area contributed by atoms with E-state index in [1.165, 1.54) is 29.4 Å². The molecule has 2 aromatic carbocycles. The number of rotatable bonds is 4. The smallest absolute Gasteiger partial charge is 0.267 e. The summed E-state index contributed by atoms with van der Waals surface area (Å²) >= 11 is 6.13. The summed E-state index contributed by atoms with van der Waals surface area (Å²) in [6.45, 7) is 2.19. The van der Waals surface area contributed by atoms with E-state index in [0.717, 1.165) is 0 Å². The highest BCUT2D eigenvalue weighted by Crippen LogP contribution is 2.32. The number of hydrogen-bond donors (Lipinski definition) is 1. The summed E-state index contributed by atoms with van der Waals surface area (Å²) in [5.74, 6) is 0.562. The highest BCUT2D eigenvalue weighted by atomic mass is 35.5. The Bertz CT molecular complexity index is 1150. The van der Waals surface area contributed by atoms with Gasteiger partial charge in [0.15, 0.2) is 11.5 Å². The molecule has 1 atom stereocenters. The maximum Gasteiger partial charge on any atom is 0.267 e. The first-order valence-electron chi connectivity index (χ1n) is 10.0. The number of amides is 2. The van der Waals surface area contributed by atoms with Gasteiger partial charge in [-0.1, -0.05) is 23.7 Å². The maximum atomic E-state index is 13.0. The molecule has 1 fully saturated rings. The Hall–Kier alpha value is -2.82. The number of sulfonamides is 1. The van der Waals surface area contributed by atoms with Crippen molar-refractivity contribution >= 4 is 39.1 Å². The SMILES string of the molecule is CC(=O)Nc1ccc(S(=O)(=O)N2CCN(C(=O)C3COc4ccccc4O3)CC2)cc1Cl. The van der Waals surface area contributed by atoms with Crippen molar-refractivity contribution < 1.29 is 27.5 Å². The van der Waals surface area contributed by atoms with Gasteiger partial charge in [-0.25, -0.2) is 8.42 Å². The van der Waals surface area contributed by atoms with E-state index in [9.17, 15) is 18.0 Å². The second-order valence-corrected chi connectivity index (χ2v) is 9.76. The molecule has 9 nitrogen and oxygen atoms in total. The number of nitrogens with one attached hydrogen (secondary N) is 1. The molecule has 1 saturated heterocycles. The Morgan fingerprint density at radius 1 is 1.06 bits per heavy atom. The van der Waals surface area contributed by atoms with E-state index >= 15 is 0 Å². The average Bonchev–Trinajstić information content (AvgIpc) is 2.79. The lowest BCUT2D eigenvalue weighted by atomic mass is 10.2. The number of nitrogens with zero attached hydrogens (tertiary/aromatic N) is 2. The van der Waals surface area contributed by atoms with Gasteiger partial charge in [-0.3, -0.25) is 9.59 Å². The van der Waals surface area contributed by atoms with Crippen LogP contribution in [0.15, 0.2) is 47.4 Å². The van der Waals surface area contributed by atoms with Gasteiger partial charge in [-0.15, -0.1) is 0 Å². The summed E-state index contributed by atoms with van der Waals surface area (Å²) in [4.78, 5) is 25.7. The number of ether oxygens (including phenoxy) is 2. The van der Waals surface area contributed by atoms with Crippen molar-refractivity contribution in [2.24, 2.45) is 0 Å². The molecule has 2 aliphatic heterocycles. The molecule has 0 radical (unpaired) electrons. The molecule has 0 spiro atoms. The normalized spacial score (nSPS) is 18.8. The van der Waals surface area contributed by atoms with Crippen LogP contribution >= 0.6 is 11.6 Å². The zero-order chi connectivity index (χ0) is 22.9. The molecular weight excluding hydrogens is 458 g/mol. The zero-order valence-electron chi connectivity index (χ0n) is 17.3. The van der Waals surface area contributed by atoms with E-state index in [4.69, 9.17) is 21.1 Å². The molecule has 1 unspecified atom stereocenters. The van der Waals surface area contributed by atoms with E-state index in [2.05, 4.69) is 5.32 Å². The molecule has 4 rings (SSSR count). The fraction of sp³-hybridized carbons (Fsp3) is 0.333. The summed E-state index contributed by atoms with van der Waals surface area (Å²) in [6, 6.07) is 11.3. The predicted octanol–water partition coefficient (Wildman–Crippen LogP) is 1.97. The standard InChI is InChI=1S/C21H22ClN3O6S/c1-14(26)23-17-7-6-15(12-16(17)22)32(28,29)25-10-8-24(9-11-25)21(27)20-13-30-18-4-2-3-5-19(18)31-20/h2-7,12,20H,8-11,13H2,1H3,(H,23,26). The Kier molecular flexibility index (Phi) is 6.27. The van der Waals surface area contributed by atoms with E-state index in [1.54, 1.807) is 23.1 Å². The van der Waals surface area contributed by atoms with Crippen molar-refractivity contribution in [3.63, 3.8) is 0 Å². The van der Waals surface area contributed by atoms with E-state index in [1.807, 2.05) is 6.07 Å². The molecule has 2 heterocycles. The Labute approximate surface area is 190 Å². The van der Waals surface area contributed by atoms with Crippen LogP contribution in [-0.2, 0) is 19.6 Å². The van der Waals surface area contributed by atoms with E-state index in [-0.39, 0.29) is 54.5 Å². The van der Waals surface area contributed by atoms with Crippen LogP contribution in [0, 0.1) is 0 Å². The van der Waals surface area contributed by atoms with Crippen LogP contribution in [0.3, 0.4) is 0 Å². The monoisotopic (exact) mass is 479 g/mol. The molecule has 1 N–H and O–H groups in total. The van der Waals surface area contributed by atoms with Crippen LogP contribution in [0.2, 0.25) is 5.02 Å². The number of fused-ring (bicyclic) bond motifs is 1. The molecule has 32 heavy (non-hydrogen) atoms. The third kappa shape index (κ3) is 4.52. The fourth-order valence-corrected chi connectivity index (χ4v) is 5.33. The number of hydrogen-bond acceptors (Lipinski definition) is 6. The molecule has 11 heteroatoms. The number of benzene rings is 2. The molecule has 0 bridgehead atoms. The Balaban J connectivity index is 1.39. The topological polar surface area (TPSA) is 105 Å². The first kappa shape index (κ1) is 22.4. The minimum Gasteiger partial charge on any atom is -0.485 e. The predicted molar refractivity (Wildman–Crippen MR) is 117 cm³/mol. The lowest BCUT2D eigenvalue weighted by Gasteiger charge is -2.36. The molecule has 0 saturated carbocycles. The lowest BCUT2D eigenvalue weighted by molar-refractivity contribution is -0.142. The average molecular weight is 480 g/mol. The van der Waals surface area contributed by atoms with Crippen LogP contribution in [-0.4, -0.2) is 68.3 Å². The van der Waals surface area contributed by atoms with Crippen LogP contribution in [0.5, 0.6) is 11.5 Å². The molecule has 2 amide bonds. The van der Waals surface area contributed by atoms with Crippen LogP contribution in [0.1, 0.15) is 6.92 Å². The van der Waals surface area contributed by atoms with E-state index in [0.29, 0.717) is 17.2 Å². The second kappa shape index (κ2) is 8.97. The van der Waals surface area contributed by atoms with Crippen molar-refractivity contribution in [2.75, 3.05) is 38.1 Å². The van der Waals surface area contributed by atoms with Gasteiger partial charge in [0.25, 0.3) is 5.91 Å². The van der Waals surface area contributed by atoms with Crippen LogP contribution < -0.4 is 14.8 Å². The summed E-state index contributed by atoms with van der Waals surface area (Å²) in [7, 11) is -3.80. The quantitative estimate of drug-likeness (QED) is 0.718. The first-order valence-corrected chi connectivity index (χ1v) is 11.8. The maximum absolute atomic E-state index is 13.0. The number of carbonyl (C=O) groups is 2. The van der Waals surface area contributed by atoms with Gasteiger partial charge in [-0.05, 0) is 30.3 Å². The van der Waals surface area contributed by atoms with Crippen molar-refractivity contribution in [1.82, 2.24) is 9.21 Å². The molecule has 2 aliphatic rings. The summed E-state index contributed by atoms with van der Waals surface area (Å²) in [5, 5.41) is 2.67. The largest absolute Gasteiger partial charge is 0.485 e. The first-order chi connectivity index (χ1) is 15.3. The summed E-state index contributed by atoms with van der Waals surface area (Å²) in [5.41, 5.74) is 0.338. The van der Waals surface area contributed by atoms with Gasteiger partial charge in [-0.2, -0.15) is 4.31 Å². The lowest BCUT2D eigenvalue weighted by Crippen LogP contribution is -2.55. The third-order valence-corrected chi connectivity index (χ3v) is 7.43. The highest BCUT2D eigenvalue weighted by molar-refractivity contribution is 7.89. The van der Waals surface area contributed by atoms with Crippen molar-refractivity contribution in [2.45, 2.75) is 17.9 Å². The minimum absolute atomic E-state index is 0.0250. The molecule has 2 aromatic rings.